The molecule has 1 aliphatic heterocycles. The molecule has 60 valence electrons. The van der Waals surface area contributed by atoms with Crippen LogP contribution in [-0.4, -0.2) is 22.5 Å². The van der Waals surface area contributed by atoms with Crippen molar-refractivity contribution in [3.05, 3.63) is 16.9 Å². The molecule has 1 saturated heterocycles. The zero-order chi connectivity index (χ0) is 7.84. The van der Waals surface area contributed by atoms with Gasteiger partial charge in [-0.05, 0) is 22.9 Å². The highest BCUT2D eigenvalue weighted by Gasteiger charge is 2.29. The van der Waals surface area contributed by atoms with E-state index in [1.807, 2.05) is 10.9 Å². The van der Waals surface area contributed by atoms with E-state index >= 15 is 0 Å². The van der Waals surface area contributed by atoms with Gasteiger partial charge in [-0.1, -0.05) is 0 Å². The molecule has 3 nitrogen and oxygen atoms in total. The van der Waals surface area contributed by atoms with Crippen LogP contribution >= 0.6 is 15.9 Å². The van der Waals surface area contributed by atoms with E-state index in [-0.39, 0.29) is 0 Å². The molecule has 0 N–H and O–H groups in total. The SMILES string of the molecule is CC1OCC1n1cc(Br)cn1. The Bertz CT molecular complexity index is 261. The Labute approximate surface area is 73.5 Å². The number of ether oxygens (including phenoxy) is 1. The standard InChI is InChI=1S/C7H9BrN2O/c1-5-7(4-11-5)10-3-6(8)2-9-10/h2-3,5,7H,4H2,1H3. The molecule has 2 rings (SSSR count). The van der Waals surface area contributed by atoms with Crippen molar-refractivity contribution < 1.29 is 4.74 Å². The van der Waals surface area contributed by atoms with Crippen molar-refractivity contribution in [3.8, 4) is 0 Å². The van der Waals surface area contributed by atoms with Gasteiger partial charge in [0.15, 0.2) is 0 Å². The van der Waals surface area contributed by atoms with Crippen LogP contribution in [0.1, 0.15) is 13.0 Å². The average molecular weight is 217 g/mol. The fourth-order valence-corrected chi connectivity index (χ4v) is 1.46. The van der Waals surface area contributed by atoms with Crippen molar-refractivity contribution in [1.82, 2.24) is 9.78 Å². The molecule has 1 aromatic rings. The van der Waals surface area contributed by atoms with Crippen molar-refractivity contribution in [2.45, 2.75) is 19.1 Å². The van der Waals surface area contributed by atoms with E-state index in [1.54, 1.807) is 6.20 Å². The van der Waals surface area contributed by atoms with Crippen molar-refractivity contribution in [1.29, 1.82) is 0 Å². The monoisotopic (exact) mass is 216 g/mol. The van der Waals surface area contributed by atoms with Crippen molar-refractivity contribution in [2.75, 3.05) is 6.61 Å². The van der Waals surface area contributed by atoms with Crippen LogP contribution < -0.4 is 0 Å². The molecule has 0 spiro atoms. The second-order valence-corrected chi connectivity index (χ2v) is 3.66. The summed E-state index contributed by atoms with van der Waals surface area (Å²) in [5, 5.41) is 4.18. The van der Waals surface area contributed by atoms with Crippen LogP contribution in [0.4, 0.5) is 0 Å². The molecule has 1 aliphatic rings. The summed E-state index contributed by atoms with van der Waals surface area (Å²) in [5.41, 5.74) is 0. The van der Waals surface area contributed by atoms with E-state index in [4.69, 9.17) is 4.74 Å². The first-order chi connectivity index (χ1) is 5.27. The van der Waals surface area contributed by atoms with E-state index in [0.717, 1.165) is 11.1 Å². The third kappa shape index (κ3) is 1.20. The van der Waals surface area contributed by atoms with Crippen molar-refractivity contribution >= 4 is 15.9 Å². The third-order valence-electron chi connectivity index (χ3n) is 1.98. The van der Waals surface area contributed by atoms with Gasteiger partial charge in [0.25, 0.3) is 0 Å². The number of aromatic nitrogens is 2. The second kappa shape index (κ2) is 2.60. The molecular weight excluding hydrogens is 208 g/mol. The number of hydrogen-bond donors (Lipinski definition) is 0. The minimum absolute atomic E-state index is 0.307. The maximum atomic E-state index is 5.23. The van der Waals surface area contributed by atoms with Crippen molar-refractivity contribution in [3.63, 3.8) is 0 Å². The molecule has 0 amide bonds. The zero-order valence-corrected chi connectivity index (χ0v) is 7.78. The largest absolute Gasteiger partial charge is 0.374 e. The first-order valence-corrected chi connectivity index (χ1v) is 4.38. The van der Waals surface area contributed by atoms with Gasteiger partial charge in [-0.2, -0.15) is 5.10 Å². The third-order valence-corrected chi connectivity index (χ3v) is 2.39. The Morgan fingerprint density at radius 1 is 1.82 bits per heavy atom. The predicted molar refractivity (Wildman–Crippen MR) is 44.4 cm³/mol. The molecule has 0 aliphatic carbocycles. The highest BCUT2D eigenvalue weighted by Crippen LogP contribution is 2.25. The normalized spacial score (nSPS) is 30.0. The lowest BCUT2D eigenvalue weighted by Gasteiger charge is -2.33. The second-order valence-electron chi connectivity index (χ2n) is 2.74. The number of nitrogens with zero attached hydrogens (tertiary/aromatic N) is 2. The Balaban J connectivity index is 2.16. The topological polar surface area (TPSA) is 27.1 Å². The Hall–Kier alpha value is -0.350. The highest BCUT2D eigenvalue weighted by molar-refractivity contribution is 9.10. The fraction of sp³-hybridized carbons (Fsp3) is 0.571. The van der Waals surface area contributed by atoms with Gasteiger partial charge in [-0.3, -0.25) is 4.68 Å². The zero-order valence-electron chi connectivity index (χ0n) is 6.20. The van der Waals surface area contributed by atoms with Gasteiger partial charge >= 0.3 is 0 Å². The molecular formula is C7H9BrN2O. The molecule has 2 heterocycles. The summed E-state index contributed by atoms with van der Waals surface area (Å²) in [6.45, 7) is 2.85. The van der Waals surface area contributed by atoms with Crippen LogP contribution in [-0.2, 0) is 4.74 Å². The van der Waals surface area contributed by atoms with Crippen LogP contribution in [0.15, 0.2) is 16.9 Å². The summed E-state index contributed by atoms with van der Waals surface area (Å²) >= 11 is 3.35. The molecule has 0 bridgehead atoms. The first-order valence-electron chi connectivity index (χ1n) is 3.58. The molecule has 0 radical (unpaired) electrons. The van der Waals surface area contributed by atoms with E-state index < -0.39 is 0 Å². The minimum Gasteiger partial charge on any atom is -0.374 e. The summed E-state index contributed by atoms with van der Waals surface area (Å²) in [5.74, 6) is 0. The smallest absolute Gasteiger partial charge is 0.101 e. The average Bonchev–Trinajstić information content (AvgIpc) is 2.33. The molecule has 1 aromatic heterocycles. The minimum atomic E-state index is 0.307. The summed E-state index contributed by atoms with van der Waals surface area (Å²) in [6, 6.07) is 0.432. The Morgan fingerprint density at radius 2 is 2.64 bits per heavy atom. The van der Waals surface area contributed by atoms with Crippen LogP contribution in [0.2, 0.25) is 0 Å². The molecule has 0 saturated carbocycles. The van der Waals surface area contributed by atoms with Gasteiger partial charge in [-0.15, -0.1) is 0 Å². The summed E-state index contributed by atoms with van der Waals surface area (Å²) < 4.78 is 8.20. The Kier molecular flexibility index (Phi) is 1.73. The van der Waals surface area contributed by atoms with Gasteiger partial charge in [0.05, 0.1) is 23.4 Å². The number of rotatable bonds is 1. The van der Waals surface area contributed by atoms with Gasteiger partial charge in [-0.25, -0.2) is 0 Å². The maximum absolute atomic E-state index is 5.23. The van der Waals surface area contributed by atoms with E-state index in [2.05, 4.69) is 28.0 Å². The van der Waals surface area contributed by atoms with Crippen LogP contribution in [0, 0.1) is 0 Å². The number of hydrogen-bond acceptors (Lipinski definition) is 2. The highest BCUT2D eigenvalue weighted by atomic mass is 79.9. The quantitative estimate of drug-likeness (QED) is 0.714. The molecule has 11 heavy (non-hydrogen) atoms. The molecule has 0 aromatic carbocycles. The van der Waals surface area contributed by atoms with Gasteiger partial charge in [0, 0.05) is 6.20 Å². The number of halogens is 1. The van der Waals surface area contributed by atoms with Gasteiger partial charge in [0.1, 0.15) is 6.04 Å². The summed E-state index contributed by atoms with van der Waals surface area (Å²) in [7, 11) is 0. The van der Waals surface area contributed by atoms with E-state index in [1.165, 1.54) is 0 Å². The Morgan fingerprint density at radius 3 is 3.00 bits per heavy atom. The van der Waals surface area contributed by atoms with E-state index in [0.29, 0.717) is 12.1 Å². The van der Waals surface area contributed by atoms with E-state index in [9.17, 15) is 0 Å². The van der Waals surface area contributed by atoms with Gasteiger partial charge in [0.2, 0.25) is 0 Å². The molecule has 2 unspecified atom stereocenters. The molecule has 4 heteroatoms. The summed E-state index contributed by atoms with van der Waals surface area (Å²) in [4.78, 5) is 0. The first kappa shape index (κ1) is 7.31. The van der Waals surface area contributed by atoms with Crippen LogP contribution in [0.25, 0.3) is 0 Å². The molecule has 2 atom stereocenters. The lowest BCUT2D eigenvalue weighted by atomic mass is 10.1. The van der Waals surface area contributed by atoms with Crippen molar-refractivity contribution in [2.24, 2.45) is 0 Å². The van der Waals surface area contributed by atoms with Crippen LogP contribution in [0.3, 0.4) is 0 Å². The van der Waals surface area contributed by atoms with Gasteiger partial charge < -0.3 is 4.74 Å². The fourth-order valence-electron chi connectivity index (χ4n) is 1.16. The lowest BCUT2D eigenvalue weighted by Crippen LogP contribution is -2.39. The summed E-state index contributed by atoms with van der Waals surface area (Å²) in [6.07, 6.45) is 4.08. The maximum Gasteiger partial charge on any atom is 0.101 e. The van der Waals surface area contributed by atoms with Crippen LogP contribution in [0.5, 0.6) is 0 Å². The predicted octanol–water partition coefficient (Wildman–Crippen LogP) is 1.61. The molecule has 1 fully saturated rings. The lowest BCUT2D eigenvalue weighted by molar-refractivity contribution is -0.0975.